The molecule has 2 atom stereocenters. The Morgan fingerprint density at radius 1 is 1.53 bits per heavy atom. The van der Waals surface area contributed by atoms with Crippen molar-refractivity contribution in [3.05, 3.63) is 0 Å². The van der Waals surface area contributed by atoms with Gasteiger partial charge in [-0.3, -0.25) is 4.79 Å². The summed E-state index contributed by atoms with van der Waals surface area (Å²) in [6.07, 6.45) is -2.91. The molecule has 0 saturated carbocycles. The predicted molar refractivity (Wildman–Crippen MR) is 50.6 cm³/mol. The van der Waals surface area contributed by atoms with Crippen molar-refractivity contribution < 1.29 is 23.0 Å². The Bertz CT molecular complexity index is 210. The van der Waals surface area contributed by atoms with Gasteiger partial charge in [-0.25, -0.2) is 8.78 Å². The molecule has 0 aromatic rings. The van der Waals surface area contributed by atoms with E-state index in [0.29, 0.717) is 0 Å². The van der Waals surface area contributed by atoms with Crippen molar-refractivity contribution in [1.82, 2.24) is 0 Å². The number of hydrogen-bond acceptors (Lipinski definition) is 4. The van der Waals surface area contributed by atoms with E-state index < -0.39 is 30.6 Å². The number of hydrogen-bond donors (Lipinski definition) is 1. The summed E-state index contributed by atoms with van der Waals surface area (Å²) in [6, 6.07) is 0. The molecule has 0 bridgehead atoms. The van der Waals surface area contributed by atoms with E-state index in [4.69, 9.17) is 10.5 Å². The highest BCUT2D eigenvalue weighted by molar-refractivity contribution is 5.79. The Morgan fingerprint density at radius 2 is 2.07 bits per heavy atom. The molecule has 0 amide bonds. The summed E-state index contributed by atoms with van der Waals surface area (Å²) in [5.74, 6) is -0.588. The first-order valence-corrected chi connectivity index (χ1v) is 4.56. The van der Waals surface area contributed by atoms with E-state index in [0.717, 1.165) is 0 Å². The Labute approximate surface area is 87.7 Å². The highest BCUT2D eigenvalue weighted by Gasteiger charge is 2.31. The van der Waals surface area contributed by atoms with Crippen molar-refractivity contribution in [2.24, 2.45) is 5.73 Å². The third-order valence-electron chi connectivity index (χ3n) is 1.87. The second-order valence-corrected chi connectivity index (χ2v) is 3.65. The van der Waals surface area contributed by atoms with Crippen LogP contribution in [0.2, 0.25) is 0 Å². The van der Waals surface area contributed by atoms with E-state index in [2.05, 4.69) is 4.74 Å². The number of alkyl halides is 2. The molecule has 0 fully saturated rings. The van der Waals surface area contributed by atoms with Crippen LogP contribution in [0.1, 0.15) is 20.3 Å². The van der Waals surface area contributed by atoms with Crippen LogP contribution in [0.15, 0.2) is 0 Å². The average molecular weight is 225 g/mol. The van der Waals surface area contributed by atoms with Crippen LogP contribution in [0.25, 0.3) is 0 Å². The van der Waals surface area contributed by atoms with Gasteiger partial charge in [0.2, 0.25) is 0 Å². The van der Waals surface area contributed by atoms with Crippen molar-refractivity contribution in [3.63, 3.8) is 0 Å². The van der Waals surface area contributed by atoms with Crippen LogP contribution in [0.3, 0.4) is 0 Å². The van der Waals surface area contributed by atoms with Crippen LogP contribution in [-0.4, -0.2) is 37.8 Å². The highest BCUT2D eigenvalue weighted by Crippen LogP contribution is 2.13. The summed E-state index contributed by atoms with van der Waals surface area (Å²) in [6.45, 7) is 2.40. The number of carbonyl (C=O) groups is 1. The van der Waals surface area contributed by atoms with Gasteiger partial charge >= 0.3 is 5.97 Å². The lowest BCUT2D eigenvalue weighted by atomic mass is 9.96. The third-order valence-corrected chi connectivity index (χ3v) is 1.87. The molecular weight excluding hydrogens is 208 g/mol. The zero-order chi connectivity index (χ0) is 12.1. The molecule has 0 spiro atoms. The molecule has 0 aliphatic carbocycles. The number of methoxy groups -OCH3 is 1. The van der Waals surface area contributed by atoms with E-state index in [1.165, 1.54) is 14.0 Å². The Balaban J connectivity index is 4.04. The second kappa shape index (κ2) is 5.97. The lowest BCUT2D eigenvalue weighted by molar-refractivity contribution is -0.148. The van der Waals surface area contributed by atoms with Crippen molar-refractivity contribution >= 4 is 5.97 Å². The first kappa shape index (κ1) is 14.2. The standard InChI is InChI=1S/C9H17F2NO3/c1-6(15-5-7(10)11)4-9(2,12)8(13)14-3/h6-7H,4-5,12H2,1-3H3. The molecule has 0 aliphatic heterocycles. The minimum Gasteiger partial charge on any atom is -0.468 e. The molecule has 4 nitrogen and oxygen atoms in total. The Morgan fingerprint density at radius 3 is 2.47 bits per heavy atom. The van der Waals surface area contributed by atoms with Crippen molar-refractivity contribution in [3.8, 4) is 0 Å². The molecule has 15 heavy (non-hydrogen) atoms. The van der Waals surface area contributed by atoms with Crippen molar-refractivity contribution in [1.29, 1.82) is 0 Å². The van der Waals surface area contributed by atoms with Gasteiger partial charge in [0.1, 0.15) is 12.1 Å². The quantitative estimate of drug-likeness (QED) is 0.683. The van der Waals surface area contributed by atoms with Gasteiger partial charge in [0.25, 0.3) is 6.43 Å². The van der Waals surface area contributed by atoms with E-state index in [1.54, 1.807) is 6.92 Å². The first-order valence-electron chi connectivity index (χ1n) is 4.56. The van der Waals surface area contributed by atoms with Crippen LogP contribution >= 0.6 is 0 Å². The fourth-order valence-corrected chi connectivity index (χ4v) is 1.21. The summed E-state index contributed by atoms with van der Waals surface area (Å²) in [4.78, 5) is 11.2. The number of ether oxygens (including phenoxy) is 2. The molecule has 90 valence electrons. The van der Waals surface area contributed by atoms with Crippen molar-refractivity contribution in [2.75, 3.05) is 13.7 Å². The summed E-state index contributed by atoms with van der Waals surface area (Å²) < 4.78 is 32.9. The van der Waals surface area contributed by atoms with E-state index in [9.17, 15) is 13.6 Å². The second-order valence-electron chi connectivity index (χ2n) is 3.65. The highest BCUT2D eigenvalue weighted by atomic mass is 19.3. The summed E-state index contributed by atoms with van der Waals surface area (Å²) in [5, 5.41) is 0. The number of halogens is 2. The van der Waals surface area contributed by atoms with Gasteiger partial charge in [0.05, 0.1) is 13.2 Å². The fraction of sp³-hybridized carbons (Fsp3) is 0.889. The molecule has 0 aromatic carbocycles. The number of carbonyl (C=O) groups excluding carboxylic acids is 1. The van der Waals surface area contributed by atoms with Gasteiger partial charge in [0, 0.05) is 6.42 Å². The fourth-order valence-electron chi connectivity index (χ4n) is 1.21. The number of rotatable bonds is 6. The third kappa shape index (κ3) is 5.64. The smallest absolute Gasteiger partial charge is 0.325 e. The maximum atomic E-state index is 11.8. The lowest BCUT2D eigenvalue weighted by Gasteiger charge is -2.25. The van der Waals surface area contributed by atoms with Gasteiger partial charge in [0.15, 0.2) is 0 Å². The van der Waals surface area contributed by atoms with Crippen molar-refractivity contribution in [2.45, 2.75) is 38.3 Å². The minimum atomic E-state index is -2.52. The van der Waals surface area contributed by atoms with Crippen LogP contribution in [0.5, 0.6) is 0 Å². The number of esters is 1. The summed E-state index contributed by atoms with van der Waals surface area (Å²) >= 11 is 0. The molecule has 0 aromatic heterocycles. The predicted octanol–water partition coefficient (Wildman–Crippen LogP) is 0.937. The zero-order valence-electron chi connectivity index (χ0n) is 9.13. The SMILES string of the molecule is COC(=O)C(C)(N)CC(C)OCC(F)F. The van der Waals surface area contributed by atoms with Crippen LogP contribution in [-0.2, 0) is 14.3 Å². The first-order chi connectivity index (χ1) is 6.79. The Hall–Kier alpha value is -0.750. The maximum absolute atomic E-state index is 11.8. The molecule has 0 rings (SSSR count). The summed E-state index contributed by atoms with van der Waals surface area (Å²) in [5.41, 5.74) is 4.42. The molecule has 6 heteroatoms. The van der Waals surface area contributed by atoms with Gasteiger partial charge in [-0.1, -0.05) is 0 Å². The molecule has 2 N–H and O–H groups in total. The largest absolute Gasteiger partial charge is 0.468 e. The monoisotopic (exact) mass is 225 g/mol. The van der Waals surface area contributed by atoms with E-state index in [-0.39, 0.29) is 6.42 Å². The Kier molecular flexibility index (Phi) is 5.67. The van der Waals surface area contributed by atoms with Gasteiger partial charge in [-0.15, -0.1) is 0 Å². The topological polar surface area (TPSA) is 61.5 Å². The van der Waals surface area contributed by atoms with Gasteiger partial charge in [-0.05, 0) is 13.8 Å². The van der Waals surface area contributed by atoms with E-state index in [1.807, 2.05) is 0 Å². The maximum Gasteiger partial charge on any atom is 0.325 e. The molecule has 0 radical (unpaired) electrons. The molecule has 0 aliphatic rings. The number of nitrogens with two attached hydrogens (primary N) is 1. The normalized spacial score (nSPS) is 17.3. The molecule has 0 heterocycles. The van der Waals surface area contributed by atoms with Crippen LogP contribution in [0, 0.1) is 0 Å². The average Bonchev–Trinajstić information content (AvgIpc) is 2.12. The lowest BCUT2D eigenvalue weighted by Crippen LogP contribution is -2.48. The van der Waals surface area contributed by atoms with Crippen LogP contribution in [0.4, 0.5) is 8.78 Å². The van der Waals surface area contributed by atoms with Gasteiger partial charge in [-0.2, -0.15) is 0 Å². The molecular formula is C9H17F2NO3. The summed E-state index contributed by atoms with van der Waals surface area (Å²) in [7, 11) is 1.22. The van der Waals surface area contributed by atoms with E-state index >= 15 is 0 Å². The van der Waals surface area contributed by atoms with Gasteiger partial charge < -0.3 is 15.2 Å². The minimum absolute atomic E-state index is 0.131. The molecule has 0 saturated heterocycles. The van der Waals surface area contributed by atoms with Crippen LogP contribution < -0.4 is 5.73 Å². The zero-order valence-corrected chi connectivity index (χ0v) is 9.13. The molecule has 2 unspecified atom stereocenters.